The Morgan fingerprint density at radius 1 is 0.912 bits per heavy atom. The molecule has 0 atom stereocenters. The minimum Gasteiger partial charge on any atom is -0.481 e. The fourth-order valence-electron chi connectivity index (χ4n) is 2.77. The lowest BCUT2D eigenvalue weighted by molar-refractivity contribution is -0.137. The summed E-state index contributed by atoms with van der Waals surface area (Å²) in [5.41, 5.74) is 1.32. The highest BCUT2D eigenvalue weighted by atomic mass is 31.2. The van der Waals surface area contributed by atoms with E-state index in [9.17, 15) is 18.9 Å². The van der Waals surface area contributed by atoms with Gasteiger partial charge >= 0.3 is 19.8 Å². The molecule has 0 spiro atoms. The van der Waals surface area contributed by atoms with Crippen LogP contribution in [0.15, 0.2) is 48.5 Å². The van der Waals surface area contributed by atoms with Crippen LogP contribution in [-0.4, -0.2) is 36.2 Å². The molecule has 0 bridgehead atoms. The Kier molecular flexibility index (Phi) is 10.9. The molecule has 0 aliphatic rings. The molecule has 34 heavy (non-hydrogen) atoms. The maximum Gasteiger partial charge on any atom is 0.475 e. The number of hydrogen-bond donors (Lipinski definition) is 2. The standard InChI is InChI=1S/C23H28NO9P/c1-3-30-34(29,31-4-2)32-16-17-12-14-18(15-13-17)24-23(28)19-8-5-6-9-20(19)33-22(27)11-7-10-21(25)26/h5-6,8-9,12-15H,3-4,7,10-11,16H2,1-2H3,(H,24,28)(H,25,26). The summed E-state index contributed by atoms with van der Waals surface area (Å²) in [7, 11) is -3.63. The van der Waals surface area contributed by atoms with Crippen LogP contribution < -0.4 is 10.1 Å². The van der Waals surface area contributed by atoms with Crippen LogP contribution >= 0.6 is 7.82 Å². The fourth-order valence-corrected chi connectivity index (χ4v) is 3.93. The number of carbonyl (C=O) groups excluding carboxylic acids is 2. The fraction of sp³-hybridized carbons (Fsp3) is 0.348. The Bertz CT molecular complexity index is 1010. The van der Waals surface area contributed by atoms with E-state index in [4.69, 9.17) is 23.4 Å². The zero-order valence-electron chi connectivity index (χ0n) is 19.0. The molecule has 1 amide bonds. The highest BCUT2D eigenvalue weighted by Crippen LogP contribution is 2.49. The monoisotopic (exact) mass is 493 g/mol. The lowest BCUT2D eigenvalue weighted by atomic mass is 10.1. The van der Waals surface area contributed by atoms with Crippen LogP contribution in [0.1, 0.15) is 49.0 Å². The SMILES string of the molecule is CCOP(=O)(OCC)OCc1ccc(NC(=O)c2ccccc2OC(=O)CCCC(=O)O)cc1. The van der Waals surface area contributed by atoms with Gasteiger partial charge in [0.25, 0.3) is 5.91 Å². The van der Waals surface area contributed by atoms with Crippen molar-refractivity contribution in [3.63, 3.8) is 0 Å². The van der Waals surface area contributed by atoms with Gasteiger partial charge in [0.2, 0.25) is 0 Å². The van der Waals surface area contributed by atoms with Crippen LogP contribution in [-0.2, 0) is 34.3 Å². The number of phosphoric ester groups is 1. The van der Waals surface area contributed by atoms with Gasteiger partial charge in [0.1, 0.15) is 5.75 Å². The molecule has 0 saturated heterocycles. The first-order valence-electron chi connectivity index (χ1n) is 10.7. The van der Waals surface area contributed by atoms with Crippen LogP contribution in [0.2, 0.25) is 0 Å². The summed E-state index contributed by atoms with van der Waals surface area (Å²) in [4.78, 5) is 35.3. The van der Waals surface area contributed by atoms with Crippen molar-refractivity contribution in [3.05, 3.63) is 59.7 Å². The lowest BCUT2D eigenvalue weighted by Crippen LogP contribution is -2.16. The molecule has 0 fully saturated rings. The number of carboxylic acids is 1. The Hall–Kier alpha value is -3.04. The Morgan fingerprint density at radius 3 is 2.18 bits per heavy atom. The van der Waals surface area contributed by atoms with E-state index in [1.54, 1.807) is 50.2 Å². The van der Waals surface area contributed by atoms with Crippen LogP contribution in [0.4, 0.5) is 5.69 Å². The zero-order chi connectivity index (χ0) is 25.0. The predicted octanol–water partition coefficient (Wildman–Crippen LogP) is 4.80. The summed E-state index contributed by atoms with van der Waals surface area (Å²) in [6.45, 7) is 3.73. The molecule has 2 aromatic rings. The molecule has 0 aliphatic carbocycles. The Morgan fingerprint density at radius 2 is 1.56 bits per heavy atom. The van der Waals surface area contributed by atoms with Gasteiger partial charge in [-0.25, -0.2) is 4.57 Å². The average Bonchev–Trinajstić information content (AvgIpc) is 2.79. The summed E-state index contributed by atoms with van der Waals surface area (Å²) in [6, 6.07) is 12.9. The number of rotatable bonds is 14. The molecule has 10 nitrogen and oxygen atoms in total. The second-order valence-corrected chi connectivity index (χ2v) is 8.59. The zero-order valence-corrected chi connectivity index (χ0v) is 19.9. The van der Waals surface area contributed by atoms with E-state index in [0.717, 1.165) is 0 Å². The second kappa shape index (κ2) is 13.6. The second-order valence-electron chi connectivity index (χ2n) is 6.92. The molecule has 2 aromatic carbocycles. The molecule has 184 valence electrons. The predicted molar refractivity (Wildman–Crippen MR) is 124 cm³/mol. The topological polar surface area (TPSA) is 137 Å². The quantitative estimate of drug-likeness (QED) is 0.216. The summed E-state index contributed by atoms with van der Waals surface area (Å²) < 4.78 is 33.1. The summed E-state index contributed by atoms with van der Waals surface area (Å²) in [5, 5.41) is 11.4. The molecule has 0 radical (unpaired) electrons. The molecule has 2 N–H and O–H groups in total. The number of anilines is 1. The van der Waals surface area contributed by atoms with Gasteiger partial charge in [0.15, 0.2) is 0 Å². The van der Waals surface area contributed by atoms with E-state index >= 15 is 0 Å². The number of amides is 1. The molecule has 0 aromatic heterocycles. The number of aliphatic carboxylic acids is 1. The molecule has 0 heterocycles. The van der Waals surface area contributed by atoms with E-state index in [1.165, 1.54) is 12.1 Å². The normalized spacial score (nSPS) is 11.1. The van der Waals surface area contributed by atoms with E-state index in [0.29, 0.717) is 11.3 Å². The number of phosphoric acid groups is 1. The highest BCUT2D eigenvalue weighted by Gasteiger charge is 2.25. The van der Waals surface area contributed by atoms with Crippen molar-refractivity contribution in [2.75, 3.05) is 18.5 Å². The minimum absolute atomic E-state index is 0.00777. The van der Waals surface area contributed by atoms with Crippen LogP contribution in [0.5, 0.6) is 5.75 Å². The van der Waals surface area contributed by atoms with Crippen LogP contribution in [0.3, 0.4) is 0 Å². The number of para-hydroxylation sites is 1. The highest BCUT2D eigenvalue weighted by molar-refractivity contribution is 7.48. The van der Waals surface area contributed by atoms with Crippen molar-refractivity contribution in [1.82, 2.24) is 0 Å². The maximum atomic E-state index is 12.7. The van der Waals surface area contributed by atoms with Gasteiger partial charge < -0.3 is 15.2 Å². The first kappa shape index (κ1) is 27.2. The number of carbonyl (C=O) groups is 3. The number of benzene rings is 2. The summed E-state index contributed by atoms with van der Waals surface area (Å²) >= 11 is 0. The van der Waals surface area contributed by atoms with E-state index in [2.05, 4.69) is 5.32 Å². The van der Waals surface area contributed by atoms with Gasteiger partial charge in [0, 0.05) is 18.5 Å². The van der Waals surface area contributed by atoms with Crippen molar-refractivity contribution in [3.8, 4) is 5.75 Å². The van der Waals surface area contributed by atoms with Gasteiger partial charge in [-0.3, -0.25) is 28.0 Å². The maximum absolute atomic E-state index is 12.7. The van der Waals surface area contributed by atoms with Crippen molar-refractivity contribution >= 4 is 31.4 Å². The Labute approximate surface area is 197 Å². The molecule has 11 heteroatoms. The average molecular weight is 493 g/mol. The smallest absolute Gasteiger partial charge is 0.475 e. The molecule has 2 rings (SSSR count). The number of carboxylic acid groups (broad SMARTS) is 1. The third-order valence-corrected chi connectivity index (χ3v) is 5.90. The first-order chi connectivity index (χ1) is 16.3. The largest absolute Gasteiger partial charge is 0.481 e. The van der Waals surface area contributed by atoms with Crippen molar-refractivity contribution in [1.29, 1.82) is 0 Å². The molecule has 0 aliphatic heterocycles. The van der Waals surface area contributed by atoms with Gasteiger partial charge in [-0.15, -0.1) is 0 Å². The molecule has 0 saturated carbocycles. The van der Waals surface area contributed by atoms with Gasteiger partial charge in [0.05, 0.1) is 25.4 Å². The minimum atomic E-state index is -3.63. The van der Waals surface area contributed by atoms with Gasteiger partial charge in [-0.1, -0.05) is 24.3 Å². The number of nitrogens with one attached hydrogen (secondary N) is 1. The summed E-state index contributed by atoms with van der Waals surface area (Å²) in [6.07, 6.45) is -0.0818. The van der Waals surface area contributed by atoms with Crippen molar-refractivity contribution in [2.24, 2.45) is 0 Å². The molecular formula is C23H28NO9P. The lowest BCUT2D eigenvalue weighted by Gasteiger charge is -2.16. The van der Waals surface area contributed by atoms with E-state index in [1.807, 2.05) is 0 Å². The van der Waals surface area contributed by atoms with E-state index < -0.39 is 25.7 Å². The van der Waals surface area contributed by atoms with Crippen molar-refractivity contribution < 1.29 is 42.4 Å². The van der Waals surface area contributed by atoms with Crippen molar-refractivity contribution in [2.45, 2.75) is 39.7 Å². The van der Waals surface area contributed by atoms with Gasteiger partial charge in [-0.2, -0.15) is 0 Å². The van der Waals surface area contributed by atoms with Gasteiger partial charge in [-0.05, 0) is 50.1 Å². The first-order valence-corrected chi connectivity index (χ1v) is 12.2. The van der Waals surface area contributed by atoms with Crippen LogP contribution in [0, 0.1) is 0 Å². The number of ether oxygens (including phenoxy) is 1. The third-order valence-electron chi connectivity index (χ3n) is 4.30. The number of esters is 1. The Balaban J connectivity index is 1.98. The molecular weight excluding hydrogens is 465 g/mol. The molecule has 0 unspecified atom stereocenters. The number of hydrogen-bond acceptors (Lipinski definition) is 8. The van der Waals surface area contributed by atoms with E-state index in [-0.39, 0.29) is 50.4 Å². The van der Waals surface area contributed by atoms with Crippen LogP contribution in [0.25, 0.3) is 0 Å². The summed E-state index contributed by atoms with van der Waals surface area (Å²) in [5.74, 6) is -2.03. The third kappa shape index (κ3) is 9.07.